The van der Waals surface area contributed by atoms with Gasteiger partial charge < -0.3 is 5.32 Å². The van der Waals surface area contributed by atoms with E-state index in [4.69, 9.17) is 0 Å². The van der Waals surface area contributed by atoms with Gasteiger partial charge in [0, 0.05) is 12.2 Å². The normalized spacial score (nSPS) is 10.8. The maximum atomic E-state index is 11.7. The van der Waals surface area contributed by atoms with E-state index < -0.39 is 0 Å². The Kier molecular flexibility index (Phi) is 5.17. The molecule has 1 aromatic carbocycles. The Balaban J connectivity index is 1.95. The van der Waals surface area contributed by atoms with Crippen molar-refractivity contribution in [3.05, 3.63) is 36.7 Å². The van der Waals surface area contributed by atoms with Crippen LogP contribution < -0.4 is 5.32 Å². The van der Waals surface area contributed by atoms with Gasteiger partial charge in [-0.15, -0.1) is 10.2 Å². The molecule has 2 aromatic rings. The lowest BCUT2D eigenvalue weighted by molar-refractivity contribution is -0.118. The van der Waals surface area contributed by atoms with Crippen LogP contribution in [-0.2, 0) is 4.79 Å². The Morgan fingerprint density at radius 2 is 2.10 bits per heavy atom. The largest absolute Gasteiger partial charge is 0.355 e. The van der Waals surface area contributed by atoms with Crippen LogP contribution >= 0.6 is 11.8 Å². The molecule has 20 heavy (non-hydrogen) atoms. The summed E-state index contributed by atoms with van der Waals surface area (Å²) in [7, 11) is 0. The first-order chi connectivity index (χ1) is 9.66. The fourth-order valence-corrected chi connectivity index (χ4v) is 2.35. The van der Waals surface area contributed by atoms with E-state index >= 15 is 0 Å². The van der Waals surface area contributed by atoms with E-state index in [2.05, 4.69) is 29.4 Å². The molecule has 6 heteroatoms. The number of nitrogens with zero attached hydrogens (tertiary/aromatic N) is 3. The van der Waals surface area contributed by atoms with Gasteiger partial charge in [0.1, 0.15) is 6.33 Å². The summed E-state index contributed by atoms with van der Waals surface area (Å²) in [6, 6.07) is 9.83. The van der Waals surface area contributed by atoms with E-state index in [1.807, 2.05) is 34.9 Å². The average Bonchev–Trinajstić information content (AvgIpc) is 2.92. The molecule has 0 unspecified atom stereocenters. The van der Waals surface area contributed by atoms with Crippen LogP contribution in [0.1, 0.15) is 13.8 Å². The molecule has 106 valence electrons. The van der Waals surface area contributed by atoms with Crippen molar-refractivity contribution in [2.45, 2.75) is 19.0 Å². The fraction of sp³-hybridized carbons (Fsp3) is 0.357. The van der Waals surface area contributed by atoms with E-state index in [-0.39, 0.29) is 5.91 Å². The van der Waals surface area contributed by atoms with Gasteiger partial charge in [0.15, 0.2) is 5.16 Å². The molecule has 5 nitrogen and oxygen atoms in total. The van der Waals surface area contributed by atoms with Crippen molar-refractivity contribution >= 4 is 17.7 Å². The summed E-state index contributed by atoms with van der Waals surface area (Å²) >= 11 is 1.39. The third-order valence-corrected chi connectivity index (χ3v) is 3.53. The van der Waals surface area contributed by atoms with Gasteiger partial charge in [0.25, 0.3) is 0 Å². The van der Waals surface area contributed by atoms with Crippen molar-refractivity contribution in [3.8, 4) is 5.69 Å². The number of thioether (sulfide) groups is 1. The van der Waals surface area contributed by atoms with E-state index in [1.54, 1.807) is 6.33 Å². The molecule has 0 spiro atoms. The van der Waals surface area contributed by atoms with Crippen LogP contribution in [0.25, 0.3) is 5.69 Å². The number of nitrogens with one attached hydrogen (secondary N) is 1. The summed E-state index contributed by atoms with van der Waals surface area (Å²) in [5.74, 6) is 0.821. The summed E-state index contributed by atoms with van der Waals surface area (Å²) in [5, 5.41) is 11.6. The molecule has 0 saturated carbocycles. The van der Waals surface area contributed by atoms with Gasteiger partial charge >= 0.3 is 0 Å². The molecule has 1 heterocycles. The van der Waals surface area contributed by atoms with E-state index in [0.717, 1.165) is 10.8 Å². The number of carbonyl (C=O) groups is 1. The quantitative estimate of drug-likeness (QED) is 0.828. The maximum absolute atomic E-state index is 11.7. The minimum atomic E-state index is 0.0197. The highest BCUT2D eigenvalue weighted by atomic mass is 32.2. The summed E-state index contributed by atoms with van der Waals surface area (Å²) < 4.78 is 1.88. The standard InChI is InChI=1S/C14H18N4OS/c1-11(2)8-15-13(19)9-20-14-17-16-10-18(14)12-6-4-3-5-7-12/h3-7,10-11H,8-9H2,1-2H3,(H,15,19). The van der Waals surface area contributed by atoms with E-state index in [9.17, 15) is 4.79 Å². The lowest BCUT2D eigenvalue weighted by Crippen LogP contribution is -2.28. The first-order valence-corrected chi connectivity index (χ1v) is 7.50. The number of amides is 1. The highest BCUT2D eigenvalue weighted by Gasteiger charge is 2.09. The number of rotatable bonds is 6. The second kappa shape index (κ2) is 7.09. The van der Waals surface area contributed by atoms with Crippen LogP contribution in [-0.4, -0.2) is 33.0 Å². The van der Waals surface area contributed by atoms with Gasteiger partial charge in [0.2, 0.25) is 5.91 Å². The Morgan fingerprint density at radius 3 is 2.80 bits per heavy atom. The van der Waals surface area contributed by atoms with Crippen LogP contribution in [0.5, 0.6) is 0 Å². The summed E-state index contributed by atoms with van der Waals surface area (Å²) in [5.41, 5.74) is 0.989. The van der Waals surface area contributed by atoms with Crippen molar-refractivity contribution in [3.63, 3.8) is 0 Å². The van der Waals surface area contributed by atoms with Crippen LogP contribution in [0.2, 0.25) is 0 Å². The van der Waals surface area contributed by atoms with E-state index in [1.165, 1.54) is 11.8 Å². The predicted octanol–water partition coefficient (Wildman–Crippen LogP) is 2.13. The second-order valence-corrected chi connectivity index (χ2v) is 5.75. The number of carbonyl (C=O) groups excluding carboxylic acids is 1. The lowest BCUT2D eigenvalue weighted by atomic mass is 10.2. The lowest BCUT2D eigenvalue weighted by Gasteiger charge is -2.08. The number of benzene rings is 1. The van der Waals surface area contributed by atoms with Gasteiger partial charge in [-0.25, -0.2) is 0 Å². The molecule has 0 aliphatic carbocycles. The van der Waals surface area contributed by atoms with Crippen molar-refractivity contribution in [1.29, 1.82) is 0 Å². The summed E-state index contributed by atoms with van der Waals surface area (Å²) in [6.07, 6.45) is 1.66. The first kappa shape index (κ1) is 14.6. The van der Waals surface area contributed by atoms with Crippen molar-refractivity contribution in [2.75, 3.05) is 12.3 Å². The molecule has 0 bridgehead atoms. The van der Waals surface area contributed by atoms with Crippen LogP contribution in [0.3, 0.4) is 0 Å². The highest BCUT2D eigenvalue weighted by molar-refractivity contribution is 7.99. The molecule has 0 aliphatic heterocycles. The zero-order chi connectivity index (χ0) is 14.4. The van der Waals surface area contributed by atoms with Gasteiger partial charge in [-0.2, -0.15) is 0 Å². The minimum absolute atomic E-state index is 0.0197. The number of para-hydroxylation sites is 1. The molecular weight excluding hydrogens is 272 g/mol. The fourth-order valence-electron chi connectivity index (χ4n) is 1.59. The van der Waals surface area contributed by atoms with Gasteiger partial charge in [0.05, 0.1) is 5.75 Å². The molecular formula is C14H18N4OS. The van der Waals surface area contributed by atoms with Gasteiger partial charge in [-0.3, -0.25) is 9.36 Å². The van der Waals surface area contributed by atoms with Crippen LogP contribution in [0.4, 0.5) is 0 Å². The molecule has 0 radical (unpaired) electrons. The zero-order valence-electron chi connectivity index (χ0n) is 11.6. The smallest absolute Gasteiger partial charge is 0.230 e. The third-order valence-electron chi connectivity index (χ3n) is 2.59. The predicted molar refractivity (Wildman–Crippen MR) is 79.9 cm³/mol. The molecule has 2 rings (SSSR count). The topological polar surface area (TPSA) is 59.8 Å². The summed E-state index contributed by atoms with van der Waals surface area (Å²) in [4.78, 5) is 11.7. The molecule has 0 atom stereocenters. The summed E-state index contributed by atoms with van der Waals surface area (Å²) in [6.45, 7) is 4.84. The van der Waals surface area contributed by atoms with Crippen LogP contribution in [0.15, 0.2) is 41.8 Å². The Hall–Kier alpha value is -1.82. The van der Waals surface area contributed by atoms with Crippen molar-refractivity contribution < 1.29 is 4.79 Å². The Morgan fingerprint density at radius 1 is 1.35 bits per heavy atom. The number of aromatic nitrogens is 3. The monoisotopic (exact) mass is 290 g/mol. The first-order valence-electron chi connectivity index (χ1n) is 6.51. The number of hydrogen-bond acceptors (Lipinski definition) is 4. The van der Waals surface area contributed by atoms with E-state index in [0.29, 0.717) is 18.2 Å². The molecule has 0 aliphatic rings. The van der Waals surface area contributed by atoms with Crippen molar-refractivity contribution in [2.24, 2.45) is 5.92 Å². The van der Waals surface area contributed by atoms with Crippen molar-refractivity contribution in [1.82, 2.24) is 20.1 Å². The SMILES string of the molecule is CC(C)CNC(=O)CSc1nncn1-c1ccccc1. The molecule has 1 aromatic heterocycles. The molecule has 1 amide bonds. The maximum Gasteiger partial charge on any atom is 0.230 e. The highest BCUT2D eigenvalue weighted by Crippen LogP contribution is 2.18. The molecule has 0 fully saturated rings. The number of hydrogen-bond donors (Lipinski definition) is 1. The van der Waals surface area contributed by atoms with Gasteiger partial charge in [-0.1, -0.05) is 43.8 Å². The Labute approximate surface area is 122 Å². The average molecular weight is 290 g/mol. The van der Waals surface area contributed by atoms with Crippen LogP contribution in [0, 0.1) is 5.92 Å². The molecule has 1 N–H and O–H groups in total. The zero-order valence-corrected chi connectivity index (χ0v) is 12.4. The second-order valence-electron chi connectivity index (χ2n) is 4.81. The minimum Gasteiger partial charge on any atom is -0.355 e. The Bertz CT molecular complexity index is 553. The van der Waals surface area contributed by atoms with Gasteiger partial charge in [-0.05, 0) is 18.1 Å². The third kappa shape index (κ3) is 4.09. The molecule has 0 saturated heterocycles.